The van der Waals surface area contributed by atoms with Crippen LogP contribution < -0.4 is 0 Å². The largest absolute Gasteiger partial charge is 0.506 e. The summed E-state index contributed by atoms with van der Waals surface area (Å²) >= 11 is 0. The summed E-state index contributed by atoms with van der Waals surface area (Å²) in [7, 11) is -3.48. The van der Waals surface area contributed by atoms with Crippen molar-refractivity contribution in [3.05, 3.63) is 34.4 Å². The molecule has 1 aliphatic heterocycles. The van der Waals surface area contributed by atoms with Gasteiger partial charge in [0.15, 0.2) is 21.4 Å². The second kappa shape index (κ2) is 7.04. The van der Waals surface area contributed by atoms with E-state index < -0.39 is 15.3 Å². The van der Waals surface area contributed by atoms with Crippen LogP contribution in [0.4, 0.5) is 0 Å². The molecule has 0 aromatic heterocycles. The first kappa shape index (κ1) is 21.3. The summed E-state index contributed by atoms with van der Waals surface area (Å²) in [4.78, 5) is 25.6. The van der Waals surface area contributed by atoms with Crippen molar-refractivity contribution >= 4 is 27.2 Å². The third-order valence-corrected chi connectivity index (χ3v) is 9.17. The number of ketones is 2. The molecule has 1 spiro atoms. The maximum atomic E-state index is 13.1. The number of Topliss-reactive ketones (excluding diaryl/α,β-unsaturated/α-hetero) is 2. The lowest BCUT2D eigenvalue weighted by molar-refractivity contribution is -0.127. The highest BCUT2D eigenvalue weighted by Crippen LogP contribution is 2.49. The summed E-state index contributed by atoms with van der Waals surface area (Å²) in [6.07, 6.45) is 6.32. The van der Waals surface area contributed by atoms with Crippen LogP contribution in [-0.4, -0.2) is 30.8 Å². The molecule has 0 saturated heterocycles. The number of hydrogen-bond donors (Lipinski definition) is 1. The Labute approximate surface area is 178 Å². The fourth-order valence-corrected chi connectivity index (χ4v) is 7.80. The van der Waals surface area contributed by atoms with E-state index >= 15 is 0 Å². The Morgan fingerprint density at radius 2 is 1.57 bits per heavy atom. The fraction of sp³-hybridized carbons (Fsp3) is 0.583. The zero-order valence-corrected chi connectivity index (χ0v) is 18.8. The van der Waals surface area contributed by atoms with Crippen LogP contribution in [0.5, 0.6) is 0 Å². The molecule has 0 bridgehead atoms. The van der Waals surface area contributed by atoms with Gasteiger partial charge in [-0.15, -0.1) is 0 Å². The van der Waals surface area contributed by atoms with Crippen LogP contribution in [0, 0.1) is 12.3 Å². The predicted molar refractivity (Wildman–Crippen MR) is 115 cm³/mol. The van der Waals surface area contributed by atoms with Crippen LogP contribution in [0.1, 0.15) is 81.9 Å². The van der Waals surface area contributed by atoms with E-state index in [0.29, 0.717) is 16.9 Å². The molecule has 0 unspecified atom stereocenters. The van der Waals surface area contributed by atoms with Gasteiger partial charge in [-0.25, -0.2) is 8.42 Å². The number of carbonyl (C=O) groups excluding carboxylic acids is 2. The molecule has 2 saturated carbocycles. The lowest BCUT2D eigenvalue weighted by Gasteiger charge is -2.42. The fourth-order valence-electron chi connectivity index (χ4n) is 5.74. The Balaban J connectivity index is 1.88. The number of hydrogen-bond acceptors (Lipinski definition) is 5. The summed E-state index contributed by atoms with van der Waals surface area (Å²) in [6.45, 7) is 5.40. The van der Waals surface area contributed by atoms with Crippen molar-refractivity contribution in [1.29, 1.82) is 0 Å². The zero-order valence-electron chi connectivity index (χ0n) is 18.0. The standard InChI is InChI=1S/C24H30O5S/c1-15-16(21(27)20-18(25)13-23(2,3)14-19(20)26)7-8-17-22(15)30(28,29)12-11-24(17)9-5-4-6-10-24/h7-8,27H,4-6,9-14H2,1-3H3. The first-order valence-electron chi connectivity index (χ1n) is 10.8. The molecule has 3 aliphatic rings. The van der Waals surface area contributed by atoms with Gasteiger partial charge < -0.3 is 5.11 Å². The van der Waals surface area contributed by atoms with Gasteiger partial charge in [-0.05, 0) is 48.1 Å². The maximum absolute atomic E-state index is 13.1. The number of carbonyl (C=O) groups is 2. The van der Waals surface area contributed by atoms with Crippen molar-refractivity contribution in [1.82, 2.24) is 0 Å². The minimum absolute atomic E-state index is 0.105. The highest BCUT2D eigenvalue weighted by molar-refractivity contribution is 7.91. The molecule has 1 N–H and O–H groups in total. The van der Waals surface area contributed by atoms with E-state index in [1.54, 1.807) is 13.0 Å². The van der Waals surface area contributed by atoms with Gasteiger partial charge in [0.2, 0.25) is 0 Å². The van der Waals surface area contributed by atoms with E-state index in [9.17, 15) is 23.1 Å². The number of benzene rings is 1. The molecule has 6 heteroatoms. The SMILES string of the molecule is Cc1c(C(O)=C2C(=O)CC(C)(C)CC2=O)ccc2c1S(=O)(=O)CCC21CCCCC1. The number of rotatable bonds is 1. The molecular formula is C24H30O5S. The zero-order chi connectivity index (χ0) is 21.9. The van der Waals surface area contributed by atoms with Gasteiger partial charge >= 0.3 is 0 Å². The normalized spacial score (nSPS) is 24.6. The molecule has 30 heavy (non-hydrogen) atoms. The topological polar surface area (TPSA) is 88.5 Å². The van der Waals surface area contributed by atoms with Crippen LogP contribution in [0.2, 0.25) is 0 Å². The molecule has 2 fully saturated rings. The number of fused-ring (bicyclic) bond motifs is 2. The van der Waals surface area contributed by atoms with Crippen LogP contribution in [0.3, 0.4) is 0 Å². The van der Waals surface area contributed by atoms with Crippen molar-refractivity contribution in [2.45, 2.75) is 82.4 Å². The van der Waals surface area contributed by atoms with Gasteiger partial charge in [-0.3, -0.25) is 9.59 Å². The van der Waals surface area contributed by atoms with E-state index in [-0.39, 0.29) is 52.5 Å². The van der Waals surface area contributed by atoms with E-state index in [4.69, 9.17) is 0 Å². The van der Waals surface area contributed by atoms with Gasteiger partial charge in [-0.2, -0.15) is 0 Å². The summed E-state index contributed by atoms with van der Waals surface area (Å²) in [6, 6.07) is 3.52. The van der Waals surface area contributed by atoms with Crippen molar-refractivity contribution in [3.8, 4) is 0 Å². The number of aliphatic hydroxyl groups excluding tert-OH is 1. The number of allylic oxidation sites excluding steroid dienone is 1. The van der Waals surface area contributed by atoms with E-state index in [1.165, 1.54) is 6.42 Å². The number of aliphatic hydroxyl groups is 1. The van der Waals surface area contributed by atoms with Crippen LogP contribution in [-0.2, 0) is 24.8 Å². The quantitative estimate of drug-likeness (QED) is 0.400. The minimum Gasteiger partial charge on any atom is -0.506 e. The third kappa shape index (κ3) is 3.33. The number of sulfone groups is 1. The maximum Gasteiger partial charge on any atom is 0.178 e. The highest BCUT2D eigenvalue weighted by Gasteiger charge is 2.44. The molecule has 162 valence electrons. The van der Waals surface area contributed by atoms with Gasteiger partial charge in [-0.1, -0.05) is 45.2 Å². The molecule has 0 radical (unpaired) electrons. The van der Waals surface area contributed by atoms with Crippen LogP contribution in [0.15, 0.2) is 22.6 Å². The van der Waals surface area contributed by atoms with Gasteiger partial charge in [0, 0.05) is 18.4 Å². The second-order valence-corrected chi connectivity index (χ2v) is 12.2. The van der Waals surface area contributed by atoms with E-state index in [0.717, 1.165) is 31.2 Å². The lowest BCUT2D eigenvalue weighted by Crippen LogP contribution is -2.38. The Morgan fingerprint density at radius 1 is 0.967 bits per heavy atom. The Hall–Kier alpha value is -1.95. The van der Waals surface area contributed by atoms with Crippen molar-refractivity contribution in [3.63, 3.8) is 0 Å². The molecule has 5 nitrogen and oxygen atoms in total. The van der Waals surface area contributed by atoms with Gasteiger partial charge in [0.1, 0.15) is 11.3 Å². The first-order valence-corrected chi connectivity index (χ1v) is 12.5. The summed E-state index contributed by atoms with van der Waals surface area (Å²) in [5, 5.41) is 11.0. The van der Waals surface area contributed by atoms with Crippen LogP contribution >= 0.6 is 0 Å². The van der Waals surface area contributed by atoms with E-state index in [2.05, 4.69) is 0 Å². The van der Waals surface area contributed by atoms with E-state index in [1.807, 2.05) is 19.9 Å². The molecule has 4 rings (SSSR count). The highest BCUT2D eigenvalue weighted by atomic mass is 32.2. The molecule has 1 aromatic carbocycles. The molecule has 0 atom stereocenters. The summed E-state index contributed by atoms with van der Waals surface area (Å²) in [5.74, 6) is -1.03. The van der Waals surface area contributed by atoms with Crippen molar-refractivity contribution in [2.75, 3.05) is 5.75 Å². The van der Waals surface area contributed by atoms with Gasteiger partial charge in [0.25, 0.3) is 0 Å². The Morgan fingerprint density at radius 3 is 2.17 bits per heavy atom. The summed E-state index contributed by atoms with van der Waals surface area (Å²) in [5.41, 5.74) is 0.854. The average molecular weight is 431 g/mol. The van der Waals surface area contributed by atoms with Gasteiger partial charge in [0.05, 0.1) is 10.6 Å². The summed E-state index contributed by atoms with van der Waals surface area (Å²) < 4.78 is 26.1. The Kier molecular flexibility index (Phi) is 5.00. The smallest absolute Gasteiger partial charge is 0.178 e. The lowest BCUT2D eigenvalue weighted by atomic mass is 9.67. The van der Waals surface area contributed by atoms with Crippen molar-refractivity contribution in [2.24, 2.45) is 5.41 Å². The van der Waals surface area contributed by atoms with Crippen LogP contribution in [0.25, 0.3) is 5.76 Å². The molecule has 0 amide bonds. The monoisotopic (exact) mass is 430 g/mol. The average Bonchev–Trinajstić information content (AvgIpc) is 2.64. The molecule has 1 aromatic rings. The Bertz CT molecular complexity index is 1050. The molecule has 2 aliphatic carbocycles. The predicted octanol–water partition coefficient (Wildman–Crippen LogP) is 4.60. The minimum atomic E-state index is -3.48. The third-order valence-electron chi connectivity index (χ3n) is 7.28. The molecular weight excluding hydrogens is 400 g/mol. The van der Waals surface area contributed by atoms with Crippen molar-refractivity contribution < 1.29 is 23.1 Å². The second-order valence-electron chi connectivity index (χ2n) is 10.1. The first-order chi connectivity index (χ1) is 14.0. The molecule has 1 heterocycles.